The Morgan fingerprint density at radius 2 is 1.83 bits per heavy atom. The lowest BCUT2D eigenvalue weighted by atomic mass is 9.88. The first kappa shape index (κ1) is 24.3. The van der Waals surface area contributed by atoms with E-state index in [4.69, 9.17) is 15.0 Å². The predicted molar refractivity (Wildman–Crippen MR) is 136 cm³/mol. The quantitative estimate of drug-likeness (QED) is 0.267. The molecule has 0 bridgehead atoms. The second-order valence-corrected chi connectivity index (χ2v) is 11.3. The highest BCUT2D eigenvalue weighted by Gasteiger charge is 2.48. The Morgan fingerprint density at radius 3 is 2.43 bits per heavy atom. The number of anilines is 2. The van der Waals surface area contributed by atoms with Gasteiger partial charge in [0.05, 0.1) is 45.1 Å². The van der Waals surface area contributed by atoms with Crippen molar-refractivity contribution in [3.05, 3.63) is 23.7 Å². The summed E-state index contributed by atoms with van der Waals surface area (Å²) in [6, 6.07) is 1.44. The van der Waals surface area contributed by atoms with Crippen molar-refractivity contribution in [3.8, 4) is 10.6 Å². The lowest BCUT2D eigenvalue weighted by Gasteiger charge is -2.28. The summed E-state index contributed by atoms with van der Waals surface area (Å²) in [6.07, 6.45) is 2.00. The average molecular weight is 500 g/mol. The minimum Gasteiger partial charge on any atom is -0.390 e. The molecule has 35 heavy (non-hydrogen) atoms. The number of aliphatic hydroxyl groups is 3. The number of thiazole rings is 1. The summed E-state index contributed by atoms with van der Waals surface area (Å²) in [5, 5.41) is 42.8. The van der Waals surface area contributed by atoms with E-state index in [0.717, 1.165) is 45.0 Å². The first-order chi connectivity index (χ1) is 16.5. The lowest BCUT2D eigenvalue weighted by Crippen LogP contribution is -2.40. The van der Waals surface area contributed by atoms with Gasteiger partial charge in [-0.1, -0.05) is 0 Å². The van der Waals surface area contributed by atoms with Gasteiger partial charge in [-0.2, -0.15) is 4.98 Å². The van der Waals surface area contributed by atoms with E-state index in [-0.39, 0.29) is 5.66 Å². The molecule has 2 aliphatic carbocycles. The van der Waals surface area contributed by atoms with Gasteiger partial charge in [0.1, 0.15) is 22.4 Å². The first-order valence-electron chi connectivity index (χ1n) is 11.9. The fourth-order valence-corrected chi connectivity index (χ4v) is 6.02. The fourth-order valence-electron chi connectivity index (χ4n) is 4.91. The fraction of sp³-hybridized carbons (Fsp3) is 0.583. The van der Waals surface area contributed by atoms with E-state index in [0.29, 0.717) is 18.2 Å². The number of aliphatic hydroxyl groups excluding tert-OH is 2. The summed E-state index contributed by atoms with van der Waals surface area (Å²) >= 11 is 1.54. The topological polar surface area (TPSA) is 148 Å². The third-order valence-corrected chi connectivity index (χ3v) is 8.32. The van der Waals surface area contributed by atoms with Gasteiger partial charge in [0.15, 0.2) is 0 Å². The molecule has 4 unspecified atom stereocenters. The summed E-state index contributed by atoms with van der Waals surface area (Å²) in [7, 11) is 1.91. The Hall–Kier alpha value is -2.44. The van der Waals surface area contributed by atoms with Crippen molar-refractivity contribution in [2.75, 3.05) is 17.7 Å². The number of rotatable bonds is 7. The van der Waals surface area contributed by atoms with E-state index in [1.54, 1.807) is 20.0 Å². The van der Waals surface area contributed by atoms with Crippen LogP contribution in [0.2, 0.25) is 0 Å². The highest BCUT2D eigenvalue weighted by molar-refractivity contribution is 7.21. The van der Waals surface area contributed by atoms with Gasteiger partial charge in [-0.05, 0) is 60.1 Å². The van der Waals surface area contributed by atoms with Gasteiger partial charge >= 0.3 is 0 Å². The zero-order chi connectivity index (χ0) is 25.1. The zero-order valence-electron chi connectivity index (χ0n) is 20.6. The molecular weight excluding hydrogens is 466 g/mol. The van der Waals surface area contributed by atoms with Gasteiger partial charge in [-0.15, -0.1) is 11.3 Å². The van der Waals surface area contributed by atoms with Crippen molar-refractivity contribution >= 4 is 33.3 Å². The largest absolute Gasteiger partial charge is 0.390 e. The molecular formula is C24H33N7O3S. The Morgan fingerprint density at radius 1 is 1.09 bits per heavy atom. The van der Waals surface area contributed by atoms with Gasteiger partial charge in [0.2, 0.25) is 5.95 Å². The molecule has 4 atom stereocenters. The second-order valence-electron chi connectivity index (χ2n) is 10.3. The standard InChI is InChI=1S/C24H33N7O3S/c1-11-16(21-29-17-12(2)26-9-6-15(17)35-21)20(30-22(27-11)31-24(25-5)7-8-24)28-14-10-13(23(3,4)34)18(32)19(14)33/h6,9,13-14,18-19,25,32-34H,7-8,10H2,1-5H3,(H2,27,28,30,31). The van der Waals surface area contributed by atoms with Gasteiger partial charge in [0, 0.05) is 12.1 Å². The third kappa shape index (κ3) is 4.47. The molecule has 0 spiro atoms. The molecule has 3 aromatic heterocycles. The maximum absolute atomic E-state index is 10.8. The van der Waals surface area contributed by atoms with Crippen LogP contribution < -0.4 is 16.0 Å². The Kier molecular flexibility index (Phi) is 5.96. The van der Waals surface area contributed by atoms with E-state index < -0.39 is 29.8 Å². The van der Waals surface area contributed by atoms with Crippen molar-refractivity contribution in [3.63, 3.8) is 0 Å². The van der Waals surface area contributed by atoms with Crippen LogP contribution in [0.1, 0.15) is 44.5 Å². The van der Waals surface area contributed by atoms with Crippen LogP contribution in [0.15, 0.2) is 12.3 Å². The molecule has 5 rings (SSSR count). The summed E-state index contributed by atoms with van der Waals surface area (Å²) in [5.74, 6) is 0.532. The summed E-state index contributed by atoms with van der Waals surface area (Å²) in [5.41, 5.74) is 1.84. The summed E-state index contributed by atoms with van der Waals surface area (Å²) in [6.45, 7) is 7.16. The maximum Gasteiger partial charge on any atom is 0.226 e. The lowest BCUT2D eigenvalue weighted by molar-refractivity contribution is -0.0601. The van der Waals surface area contributed by atoms with Gasteiger partial charge < -0.3 is 26.0 Å². The Bertz CT molecular complexity index is 1250. The summed E-state index contributed by atoms with van der Waals surface area (Å²) < 4.78 is 1.02. The van der Waals surface area contributed by atoms with Crippen molar-refractivity contribution in [1.29, 1.82) is 0 Å². The van der Waals surface area contributed by atoms with Crippen molar-refractivity contribution in [2.45, 2.75) is 76.5 Å². The molecule has 0 aromatic carbocycles. The molecule has 2 fully saturated rings. The molecule has 3 heterocycles. The molecule has 0 aliphatic heterocycles. The molecule has 2 saturated carbocycles. The molecule has 11 heteroatoms. The van der Waals surface area contributed by atoms with Crippen molar-refractivity contribution in [1.82, 2.24) is 25.3 Å². The van der Waals surface area contributed by atoms with Crippen molar-refractivity contribution in [2.24, 2.45) is 5.92 Å². The Balaban J connectivity index is 1.56. The molecule has 188 valence electrons. The number of hydrogen-bond donors (Lipinski definition) is 6. The molecule has 0 radical (unpaired) electrons. The summed E-state index contributed by atoms with van der Waals surface area (Å²) in [4.78, 5) is 18.8. The monoisotopic (exact) mass is 499 g/mol. The van der Waals surface area contributed by atoms with E-state index in [9.17, 15) is 15.3 Å². The van der Waals surface area contributed by atoms with Gasteiger partial charge in [-0.3, -0.25) is 10.3 Å². The smallest absolute Gasteiger partial charge is 0.226 e. The minimum atomic E-state index is -1.13. The molecule has 6 N–H and O–H groups in total. The normalized spacial score (nSPS) is 25.7. The number of nitrogens with zero attached hydrogens (tertiary/aromatic N) is 4. The molecule has 0 amide bonds. The average Bonchev–Trinajstić information content (AvgIpc) is 3.32. The van der Waals surface area contributed by atoms with Crippen LogP contribution in [-0.4, -0.2) is 71.8 Å². The molecule has 10 nitrogen and oxygen atoms in total. The van der Waals surface area contributed by atoms with E-state index in [2.05, 4.69) is 20.9 Å². The Labute approximate surface area is 208 Å². The van der Waals surface area contributed by atoms with E-state index >= 15 is 0 Å². The van der Waals surface area contributed by atoms with Crippen LogP contribution in [-0.2, 0) is 0 Å². The van der Waals surface area contributed by atoms with Crippen LogP contribution in [0.25, 0.3) is 20.8 Å². The third-order valence-electron chi connectivity index (χ3n) is 7.29. The number of nitrogens with one attached hydrogen (secondary N) is 3. The first-order valence-corrected chi connectivity index (χ1v) is 12.8. The second kappa shape index (κ2) is 8.59. The van der Waals surface area contributed by atoms with Crippen LogP contribution in [0, 0.1) is 19.8 Å². The maximum atomic E-state index is 10.8. The highest BCUT2D eigenvalue weighted by Crippen LogP contribution is 2.41. The van der Waals surface area contributed by atoms with Crippen LogP contribution >= 0.6 is 11.3 Å². The molecule has 0 saturated heterocycles. The van der Waals surface area contributed by atoms with Crippen LogP contribution in [0.4, 0.5) is 11.8 Å². The predicted octanol–water partition coefficient (Wildman–Crippen LogP) is 2.18. The van der Waals surface area contributed by atoms with E-state index in [1.807, 2.05) is 27.0 Å². The minimum absolute atomic E-state index is 0.209. The van der Waals surface area contributed by atoms with E-state index in [1.165, 1.54) is 11.3 Å². The van der Waals surface area contributed by atoms with Crippen molar-refractivity contribution < 1.29 is 15.3 Å². The number of aryl methyl sites for hydroxylation is 2. The number of fused-ring (bicyclic) bond motifs is 1. The van der Waals surface area contributed by atoms with Crippen LogP contribution in [0.5, 0.6) is 0 Å². The molecule has 2 aliphatic rings. The SMILES string of the molecule is CNC1(Nc2nc(C)c(-c3nc4c(C)nccc4s3)c(NC3CC(C(C)(C)O)C(O)C3O)n2)CC1. The number of aromatic nitrogens is 4. The van der Waals surface area contributed by atoms with Gasteiger partial charge in [-0.25, -0.2) is 9.97 Å². The number of hydrogen-bond acceptors (Lipinski definition) is 11. The molecule has 3 aromatic rings. The van der Waals surface area contributed by atoms with Crippen LogP contribution in [0.3, 0.4) is 0 Å². The van der Waals surface area contributed by atoms with Gasteiger partial charge in [0.25, 0.3) is 0 Å². The zero-order valence-corrected chi connectivity index (χ0v) is 21.4. The number of pyridine rings is 1. The highest BCUT2D eigenvalue weighted by atomic mass is 32.1.